The summed E-state index contributed by atoms with van der Waals surface area (Å²) in [7, 11) is 0. The number of aryl methyl sites for hydroxylation is 2. The minimum atomic E-state index is -0.547. The molecule has 3 rings (SSSR count). The van der Waals surface area contributed by atoms with E-state index in [1.165, 1.54) is 0 Å². The van der Waals surface area contributed by atoms with Gasteiger partial charge in [0.2, 0.25) is 0 Å². The Labute approximate surface area is 165 Å². The fourth-order valence-electron chi connectivity index (χ4n) is 3.23. The highest BCUT2D eigenvalue weighted by atomic mass is 16.5. The molecule has 0 saturated carbocycles. The van der Waals surface area contributed by atoms with Crippen LogP contribution in [-0.2, 0) is 4.79 Å². The molecule has 0 bridgehead atoms. The Morgan fingerprint density at radius 2 is 1.82 bits per heavy atom. The van der Waals surface area contributed by atoms with E-state index in [4.69, 9.17) is 4.74 Å². The molecule has 0 saturated heterocycles. The lowest BCUT2D eigenvalue weighted by atomic mass is 9.94. The first-order chi connectivity index (χ1) is 13.4. The maximum absolute atomic E-state index is 13.1. The zero-order valence-corrected chi connectivity index (χ0v) is 16.6. The summed E-state index contributed by atoms with van der Waals surface area (Å²) in [5, 5.41) is 8.53. The molecule has 3 N–H and O–H groups in total. The fourth-order valence-corrected chi connectivity index (χ4v) is 3.23. The van der Waals surface area contributed by atoms with Crippen LogP contribution in [0.5, 0.6) is 5.75 Å². The van der Waals surface area contributed by atoms with Gasteiger partial charge in [-0.25, -0.2) is 4.79 Å². The number of carbonyl (C=O) groups is 2. The summed E-state index contributed by atoms with van der Waals surface area (Å²) in [6, 6.07) is 12.4. The molecule has 0 fully saturated rings. The van der Waals surface area contributed by atoms with Crippen LogP contribution >= 0.6 is 0 Å². The van der Waals surface area contributed by atoms with Gasteiger partial charge in [0.25, 0.3) is 5.91 Å². The van der Waals surface area contributed by atoms with Gasteiger partial charge in [0.05, 0.1) is 18.2 Å². The van der Waals surface area contributed by atoms with Crippen molar-refractivity contribution in [3.05, 3.63) is 70.4 Å². The summed E-state index contributed by atoms with van der Waals surface area (Å²) >= 11 is 0. The van der Waals surface area contributed by atoms with Crippen molar-refractivity contribution in [2.45, 2.75) is 33.7 Å². The van der Waals surface area contributed by atoms with E-state index in [9.17, 15) is 9.59 Å². The van der Waals surface area contributed by atoms with Gasteiger partial charge in [-0.05, 0) is 62.6 Å². The number of carbonyl (C=O) groups excluding carboxylic acids is 2. The molecular formula is C22H25N3O3. The van der Waals surface area contributed by atoms with Gasteiger partial charge in [-0.15, -0.1) is 0 Å². The number of allylic oxidation sites excluding steroid dienone is 1. The standard InChI is InChI=1S/C22H25N3O3/c1-5-28-17-10-8-16(9-11-17)20-19(15(4)23-22(27)25-20)21(26)24-18-12-13(2)6-7-14(18)3/h6-12,20H,5H2,1-4H3,(H,24,26)(H2,23,25,27)/t20-/m0/s1. The maximum atomic E-state index is 13.1. The van der Waals surface area contributed by atoms with E-state index in [0.29, 0.717) is 17.9 Å². The van der Waals surface area contributed by atoms with Crippen LogP contribution in [0.2, 0.25) is 0 Å². The van der Waals surface area contributed by atoms with Gasteiger partial charge in [-0.1, -0.05) is 24.3 Å². The first-order valence-electron chi connectivity index (χ1n) is 9.28. The predicted molar refractivity (Wildman–Crippen MR) is 109 cm³/mol. The van der Waals surface area contributed by atoms with Crippen LogP contribution in [0.4, 0.5) is 10.5 Å². The molecule has 0 aromatic heterocycles. The lowest BCUT2D eigenvalue weighted by molar-refractivity contribution is -0.113. The van der Waals surface area contributed by atoms with E-state index in [0.717, 1.165) is 28.1 Å². The number of hydrogen-bond donors (Lipinski definition) is 3. The highest BCUT2D eigenvalue weighted by Crippen LogP contribution is 2.29. The molecule has 6 nitrogen and oxygen atoms in total. The Morgan fingerprint density at radius 1 is 1.11 bits per heavy atom. The molecule has 1 heterocycles. The summed E-state index contributed by atoms with van der Waals surface area (Å²) < 4.78 is 5.48. The first kappa shape index (κ1) is 19.5. The lowest BCUT2D eigenvalue weighted by Crippen LogP contribution is -2.46. The largest absolute Gasteiger partial charge is 0.494 e. The quantitative estimate of drug-likeness (QED) is 0.735. The van der Waals surface area contributed by atoms with Crippen LogP contribution < -0.4 is 20.7 Å². The van der Waals surface area contributed by atoms with Crippen molar-refractivity contribution in [2.75, 3.05) is 11.9 Å². The van der Waals surface area contributed by atoms with E-state index in [1.807, 2.05) is 63.2 Å². The third kappa shape index (κ3) is 4.17. The average Bonchev–Trinajstić information content (AvgIpc) is 2.65. The molecule has 2 aromatic carbocycles. The van der Waals surface area contributed by atoms with Crippen molar-refractivity contribution >= 4 is 17.6 Å². The van der Waals surface area contributed by atoms with Crippen molar-refractivity contribution in [1.29, 1.82) is 0 Å². The van der Waals surface area contributed by atoms with Crippen LogP contribution in [0.15, 0.2) is 53.7 Å². The number of rotatable bonds is 5. The average molecular weight is 379 g/mol. The van der Waals surface area contributed by atoms with Crippen molar-refractivity contribution in [3.63, 3.8) is 0 Å². The maximum Gasteiger partial charge on any atom is 0.319 e. The number of benzene rings is 2. The summed E-state index contributed by atoms with van der Waals surface area (Å²) in [5.74, 6) is 0.492. The molecule has 6 heteroatoms. The van der Waals surface area contributed by atoms with Crippen molar-refractivity contribution in [2.24, 2.45) is 0 Å². The van der Waals surface area contributed by atoms with Crippen molar-refractivity contribution in [1.82, 2.24) is 10.6 Å². The molecule has 146 valence electrons. The molecule has 0 aliphatic carbocycles. The molecule has 1 atom stereocenters. The van der Waals surface area contributed by atoms with Gasteiger partial charge in [-0.2, -0.15) is 0 Å². The zero-order valence-electron chi connectivity index (χ0n) is 16.6. The predicted octanol–water partition coefficient (Wildman–Crippen LogP) is 3.97. The first-order valence-corrected chi connectivity index (χ1v) is 9.28. The summed E-state index contributed by atoms with van der Waals surface area (Å²) in [6.07, 6.45) is 0. The van der Waals surface area contributed by atoms with Crippen LogP contribution in [0.3, 0.4) is 0 Å². The fraction of sp³-hybridized carbons (Fsp3) is 0.273. The van der Waals surface area contributed by atoms with E-state index in [2.05, 4.69) is 16.0 Å². The summed E-state index contributed by atoms with van der Waals surface area (Å²) in [4.78, 5) is 25.2. The Morgan fingerprint density at radius 3 is 2.50 bits per heavy atom. The monoisotopic (exact) mass is 379 g/mol. The number of nitrogens with one attached hydrogen (secondary N) is 3. The van der Waals surface area contributed by atoms with E-state index in [-0.39, 0.29) is 11.9 Å². The highest BCUT2D eigenvalue weighted by molar-refractivity contribution is 6.07. The van der Waals surface area contributed by atoms with Crippen LogP contribution in [-0.4, -0.2) is 18.5 Å². The number of amides is 3. The van der Waals surface area contributed by atoms with Gasteiger partial charge < -0.3 is 20.7 Å². The Hall–Kier alpha value is -3.28. The third-order valence-corrected chi connectivity index (χ3v) is 4.68. The van der Waals surface area contributed by atoms with Gasteiger partial charge in [0, 0.05) is 11.4 Å². The lowest BCUT2D eigenvalue weighted by Gasteiger charge is -2.29. The minimum Gasteiger partial charge on any atom is -0.494 e. The Kier molecular flexibility index (Phi) is 5.68. The van der Waals surface area contributed by atoms with Gasteiger partial charge >= 0.3 is 6.03 Å². The molecule has 0 unspecified atom stereocenters. The zero-order chi connectivity index (χ0) is 20.3. The Bertz CT molecular complexity index is 933. The van der Waals surface area contributed by atoms with E-state index in [1.54, 1.807) is 6.92 Å². The SMILES string of the molecule is CCOc1ccc([C@@H]2NC(=O)NC(C)=C2C(=O)Nc2cc(C)ccc2C)cc1. The highest BCUT2D eigenvalue weighted by Gasteiger charge is 2.31. The normalized spacial score (nSPS) is 16.3. The minimum absolute atomic E-state index is 0.252. The number of anilines is 1. The van der Waals surface area contributed by atoms with Gasteiger partial charge in [0.1, 0.15) is 5.75 Å². The van der Waals surface area contributed by atoms with Gasteiger partial charge in [-0.3, -0.25) is 4.79 Å². The number of hydrogen-bond acceptors (Lipinski definition) is 3. The second-order valence-electron chi connectivity index (χ2n) is 6.84. The summed E-state index contributed by atoms with van der Waals surface area (Å²) in [5.41, 5.74) is 4.61. The molecule has 1 aliphatic rings. The molecule has 28 heavy (non-hydrogen) atoms. The van der Waals surface area contributed by atoms with Crippen LogP contribution in [0.25, 0.3) is 0 Å². The topological polar surface area (TPSA) is 79.5 Å². The van der Waals surface area contributed by atoms with Crippen molar-refractivity contribution < 1.29 is 14.3 Å². The van der Waals surface area contributed by atoms with Crippen LogP contribution in [0.1, 0.15) is 36.6 Å². The van der Waals surface area contributed by atoms with Gasteiger partial charge in [0.15, 0.2) is 0 Å². The van der Waals surface area contributed by atoms with Crippen LogP contribution in [0, 0.1) is 13.8 Å². The number of urea groups is 1. The molecular weight excluding hydrogens is 354 g/mol. The smallest absolute Gasteiger partial charge is 0.319 e. The Balaban J connectivity index is 1.92. The second-order valence-corrected chi connectivity index (χ2v) is 6.84. The third-order valence-electron chi connectivity index (χ3n) is 4.68. The van der Waals surface area contributed by atoms with E-state index >= 15 is 0 Å². The molecule has 0 radical (unpaired) electrons. The van der Waals surface area contributed by atoms with Crippen molar-refractivity contribution in [3.8, 4) is 5.75 Å². The summed E-state index contributed by atoms with van der Waals surface area (Å²) in [6.45, 7) is 8.15. The molecule has 0 spiro atoms. The molecule has 2 aromatic rings. The van der Waals surface area contributed by atoms with E-state index < -0.39 is 6.04 Å². The molecule has 3 amide bonds. The molecule has 1 aliphatic heterocycles. The second kappa shape index (κ2) is 8.17. The number of ether oxygens (including phenoxy) is 1.